The van der Waals surface area contributed by atoms with Gasteiger partial charge in [0.1, 0.15) is 5.75 Å². The van der Waals surface area contributed by atoms with Gasteiger partial charge in [-0.15, -0.1) is 0 Å². The molecule has 0 aromatic heterocycles. The first-order valence-electron chi connectivity index (χ1n) is 7.28. The predicted molar refractivity (Wildman–Crippen MR) is 77.4 cm³/mol. The monoisotopic (exact) mass is 263 g/mol. The summed E-state index contributed by atoms with van der Waals surface area (Å²) in [6.07, 6.45) is 4.56. The second kappa shape index (κ2) is 6.92. The largest absolute Gasteiger partial charge is 0.497 e. The molecular formula is C16H25NO2. The lowest BCUT2D eigenvalue weighted by molar-refractivity contribution is 0.0927. The molecular weight excluding hydrogens is 238 g/mol. The number of aliphatic hydroxyl groups excluding tert-OH is 1. The molecule has 1 fully saturated rings. The van der Waals surface area contributed by atoms with Crippen molar-refractivity contribution < 1.29 is 9.84 Å². The van der Waals surface area contributed by atoms with Crippen LogP contribution < -0.4 is 10.1 Å². The van der Waals surface area contributed by atoms with Crippen LogP contribution in [0.25, 0.3) is 0 Å². The SMILES string of the molecule is COc1ccc(C(O)C(C)C2CCCCCN2)cc1. The number of methoxy groups -OCH3 is 1. The predicted octanol–water partition coefficient (Wildman–Crippen LogP) is 2.90. The van der Waals surface area contributed by atoms with E-state index in [9.17, 15) is 5.11 Å². The molecule has 0 spiro atoms. The zero-order valence-electron chi connectivity index (χ0n) is 11.9. The third-order valence-electron chi connectivity index (χ3n) is 4.19. The zero-order chi connectivity index (χ0) is 13.7. The average Bonchev–Trinajstić information content (AvgIpc) is 2.75. The van der Waals surface area contributed by atoms with E-state index in [0.29, 0.717) is 6.04 Å². The van der Waals surface area contributed by atoms with Gasteiger partial charge in [0.2, 0.25) is 0 Å². The van der Waals surface area contributed by atoms with E-state index in [-0.39, 0.29) is 5.92 Å². The maximum absolute atomic E-state index is 10.5. The van der Waals surface area contributed by atoms with Gasteiger partial charge in [-0.2, -0.15) is 0 Å². The summed E-state index contributed by atoms with van der Waals surface area (Å²) >= 11 is 0. The van der Waals surface area contributed by atoms with Crippen LogP contribution in [0.15, 0.2) is 24.3 Å². The third kappa shape index (κ3) is 3.71. The lowest BCUT2D eigenvalue weighted by Gasteiger charge is -2.28. The summed E-state index contributed by atoms with van der Waals surface area (Å²) in [6, 6.07) is 8.14. The van der Waals surface area contributed by atoms with E-state index in [4.69, 9.17) is 4.74 Å². The fourth-order valence-electron chi connectivity index (χ4n) is 2.83. The quantitative estimate of drug-likeness (QED) is 0.877. The first-order valence-corrected chi connectivity index (χ1v) is 7.28. The van der Waals surface area contributed by atoms with Crippen LogP contribution in [0.4, 0.5) is 0 Å². The van der Waals surface area contributed by atoms with Crippen LogP contribution in [-0.4, -0.2) is 24.8 Å². The first-order chi connectivity index (χ1) is 9.22. The average molecular weight is 263 g/mol. The molecule has 0 saturated carbocycles. The van der Waals surface area contributed by atoms with E-state index in [2.05, 4.69) is 12.2 Å². The summed E-state index contributed by atoms with van der Waals surface area (Å²) in [7, 11) is 1.66. The molecule has 2 rings (SSSR count). The van der Waals surface area contributed by atoms with Crippen molar-refractivity contribution in [1.82, 2.24) is 5.32 Å². The van der Waals surface area contributed by atoms with Crippen LogP contribution in [0.2, 0.25) is 0 Å². The highest BCUT2D eigenvalue weighted by Gasteiger charge is 2.25. The fraction of sp³-hybridized carbons (Fsp3) is 0.625. The normalized spacial score (nSPS) is 23.4. The van der Waals surface area contributed by atoms with E-state index < -0.39 is 6.10 Å². The Kier molecular flexibility index (Phi) is 5.23. The van der Waals surface area contributed by atoms with Gasteiger partial charge in [-0.25, -0.2) is 0 Å². The Labute approximate surface area is 116 Å². The minimum absolute atomic E-state index is 0.228. The fourth-order valence-corrected chi connectivity index (χ4v) is 2.83. The van der Waals surface area contributed by atoms with Crippen molar-refractivity contribution in [1.29, 1.82) is 0 Å². The molecule has 106 valence electrons. The Bertz CT molecular complexity index is 369. The molecule has 2 N–H and O–H groups in total. The molecule has 19 heavy (non-hydrogen) atoms. The van der Waals surface area contributed by atoms with Gasteiger partial charge in [0.25, 0.3) is 0 Å². The lowest BCUT2D eigenvalue weighted by atomic mass is 9.88. The molecule has 0 amide bonds. The summed E-state index contributed by atoms with van der Waals surface area (Å²) in [5.41, 5.74) is 0.972. The van der Waals surface area contributed by atoms with Crippen LogP contribution >= 0.6 is 0 Å². The Morgan fingerprint density at radius 1 is 1.21 bits per heavy atom. The van der Waals surface area contributed by atoms with Gasteiger partial charge in [-0.3, -0.25) is 0 Å². The minimum atomic E-state index is -0.415. The molecule has 1 heterocycles. The van der Waals surface area contributed by atoms with E-state index in [1.165, 1.54) is 19.3 Å². The Balaban J connectivity index is 2.01. The molecule has 1 aromatic carbocycles. The van der Waals surface area contributed by atoms with Gasteiger partial charge >= 0.3 is 0 Å². The maximum atomic E-state index is 10.5. The summed E-state index contributed by atoms with van der Waals surface area (Å²) in [5, 5.41) is 14.1. The Morgan fingerprint density at radius 3 is 2.63 bits per heavy atom. The van der Waals surface area contributed by atoms with Crippen molar-refractivity contribution in [2.75, 3.05) is 13.7 Å². The number of benzene rings is 1. The van der Waals surface area contributed by atoms with Crippen LogP contribution in [0.1, 0.15) is 44.3 Å². The van der Waals surface area contributed by atoms with Gasteiger partial charge in [0.05, 0.1) is 13.2 Å². The van der Waals surface area contributed by atoms with Crippen molar-refractivity contribution in [3.8, 4) is 5.75 Å². The number of nitrogens with one attached hydrogen (secondary N) is 1. The maximum Gasteiger partial charge on any atom is 0.118 e. The molecule has 1 aliphatic heterocycles. The number of aliphatic hydroxyl groups is 1. The highest BCUT2D eigenvalue weighted by atomic mass is 16.5. The summed E-state index contributed by atoms with van der Waals surface area (Å²) < 4.78 is 5.15. The smallest absolute Gasteiger partial charge is 0.118 e. The molecule has 0 aliphatic carbocycles. The van der Waals surface area contributed by atoms with Crippen molar-refractivity contribution in [2.45, 2.75) is 44.8 Å². The van der Waals surface area contributed by atoms with E-state index in [1.54, 1.807) is 7.11 Å². The van der Waals surface area contributed by atoms with Crippen LogP contribution in [0, 0.1) is 5.92 Å². The van der Waals surface area contributed by atoms with Gasteiger partial charge in [-0.1, -0.05) is 31.9 Å². The molecule has 1 aromatic rings. The molecule has 1 saturated heterocycles. The van der Waals surface area contributed by atoms with Crippen molar-refractivity contribution in [3.63, 3.8) is 0 Å². The Morgan fingerprint density at radius 2 is 1.95 bits per heavy atom. The second-order valence-corrected chi connectivity index (χ2v) is 5.49. The van der Waals surface area contributed by atoms with Crippen LogP contribution in [-0.2, 0) is 0 Å². The van der Waals surface area contributed by atoms with E-state index >= 15 is 0 Å². The molecule has 0 bridgehead atoms. The highest BCUT2D eigenvalue weighted by Crippen LogP contribution is 2.28. The Hall–Kier alpha value is -1.06. The number of rotatable bonds is 4. The molecule has 3 atom stereocenters. The van der Waals surface area contributed by atoms with Crippen molar-refractivity contribution in [3.05, 3.63) is 29.8 Å². The zero-order valence-corrected chi connectivity index (χ0v) is 11.9. The molecule has 0 radical (unpaired) electrons. The summed E-state index contributed by atoms with van der Waals surface area (Å²) in [6.45, 7) is 3.21. The molecule has 3 heteroatoms. The van der Waals surface area contributed by atoms with Gasteiger partial charge in [0, 0.05) is 12.0 Å². The van der Waals surface area contributed by atoms with Crippen molar-refractivity contribution in [2.24, 2.45) is 5.92 Å². The molecule has 3 nitrogen and oxygen atoms in total. The van der Waals surface area contributed by atoms with Gasteiger partial charge in [-0.05, 0) is 37.1 Å². The summed E-state index contributed by atoms with van der Waals surface area (Å²) in [5.74, 6) is 1.06. The second-order valence-electron chi connectivity index (χ2n) is 5.49. The van der Waals surface area contributed by atoms with Crippen LogP contribution in [0.3, 0.4) is 0 Å². The minimum Gasteiger partial charge on any atom is -0.497 e. The highest BCUT2D eigenvalue weighted by molar-refractivity contribution is 5.28. The van der Waals surface area contributed by atoms with Gasteiger partial charge in [0.15, 0.2) is 0 Å². The molecule has 1 aliphatic rings. The van der Waals surface area contributed by atoms with E-state index in [0.717, 1.165) is 24.3 Å². The van der Waals surface area contributed by atoms with E-state index in [1.807, 2.05) is 24.3 Å². The topological polar surface area (TPSA) is 41.5 Å². The number of hydrogen-bond acceptors (Lipinski definition) is 3. The third-order valence-corrected chi connectivity index (χ3v) is 4.19. The number of ether oxygens (including phenoxy) is 1. The lowest BCUT2D eigenvalue weighted by Crippen LogP contribution is -2.37. The standard InChI is InChI=1S/C16H25NO2/c1-12(15-6-4-3-5-11-17-15)16(18)13-7-9-14(19-2)10-8-13/h7-10,12,15-18H,3-6,11H2,1-2H3. The van der Waals surface area contributed by atoms with Gasteiger partial charge < -0.3 is 15.2 Å². The molecule has 3 unspecified atom stereocenters. The first kappa shape index (κ1) is 14.4. The summed E-state index contributed by atoms with van der Waals surface area (Å²) in [4.78, 5) is 0. The van der Waals surface area contributed by atoms with Crippen molar-refractivity contribution >= 4 is 0 Å². The number of hydrogen-bond donors (Lipinski definition) is 2. The van der Waals surface area contributed by atoms with Crippen LogP contribution in [0.5, 0.6) is 5.75 Å².